The minimum absolute atomic E-state index is 0.0821. The average Bonchev–Trinajstić information content (AvgIpc) is 3.33. The molecule has 0 fully saturated rings. The molecule has 0 aliphatic carbocycles. The summed E-state index contributed by atoms with van der Waals surface area (Å²) < 4.78 is 2.60. The molecular weight excluding hydrogens is 396 g/mol. The molecule has 3 heterocycles. The number of benzene rings is 2. The number of fused-ring (bicyclic) bond motifs is 2. The van der Waals surface area contributed by atoms with Crippen molar-refractivity contribution in [3.63, 3.8) is 0 Å². The molecule has 0 N–H and O–H groups in total. The monoisotopic (exact) mass is 414 g/mol. The van der Waals surface area contributed by atoms with Crippen molar-refractivity contribution >= 4 is 44.1 Å². The van der Waals surface area contributed by atoms with Crippen molar-refractivity contribution in [2.75, 3.05) is 4.90 Å². The summed E-state index contributed by atoms with van der Waals surface area (Å²) in [6.45, 7) is 5.77. The normalized spacial score (nSPS) is 11.3. The van der Waals surface area contributed by atoms with E-state index in [0.29, 0.717) is 10.9 Å². The summed E-state index contributed by atoms with van der Waals surface area (Å²) in [5.41, 5.74) is 4.25. The zero-order valence-electron chi connectivity index (χ0n) is 16.7. The Labute approximate surface area is 176 Å². The lowest BCUT2D eigenvalue weighted by atomic mass is 10.2. The minimum atomic E-state index is -0.342. The van der Waals surface area contributed by atoms with Crippen LogP contribution in [-0.2, 0) is 0 Å². The first-order chi connectivity index (χ1) is 14.5. The molecule has 2 aromatic carbocycles. The Bertz CT molecular complexity index is 1390. The Balaban J connectivity index is 1.69. The molecule has 3 aromatic heterocycles. The van der Waals surface area contributed by atoms with Gasteiger partial charge in [-0.2, -0.15) is 4.98 Å². The highest BCUT2D eigenvalue weighted by Gasteiger charge is 2.28. The molecule has 0 saturated carbocycles. The van der Waals surface area contributed by atoms with Crippen LogP contribution < -0.4 is 4.90 Å². The van der Waals surface area contributed by atoms with Crippen molar-refractivity contribution in [2.45, 2.75) is 20.8 Å². The van der Waals surface area contributed by atoms with Gasteiger partial charge in [-0.1, -0.05) is 41.7 Å². The van der Waals surface area contributed by atoms with Crippen molar-refractivity contribution in [1.29, 1.82) is 0 Å². The van der Waals surface area contributed by atoms with Crippen LogP contribution in [0.25, 0.3) is 16.0 Å². The minimum Gasteiger partial charge on any atom is -0.264 e. The third-order valence-electron chi connectivity index (χ3n) is 4.84. The molecule has 0 radical (unpaired) electrons. The number of para-hydroxylation sites is 2. The first-order valence-corrected chi connectivity index (χ1v) is 10.3. The van der Waals surface area contributed by atoms with Gasteiger partial charge in [0.2, 0.25) is 5.82 Å². The second-order valence-corrected chi connectivity index (χ2v) is 8.09. The molecular formula is C22H18N6OS. The Hall–Kier alpha value is -3.65. The number of carbonyl (C=O) groups excluding carboxylic acids is 1. The quantitative estimate of drug-likeness (QED) is 0.430. The van der Waals surface area contributed by atoms with E-state index in [1.807, 2.05) is 75.4 Å². The molecule has 7 nitrogen and oxygen atoms in total. The van der Waals surface area contributed by atoms with Crippen LogP contribution in [0.3, 0.4) is 0 Å². The fraction of sp³-hybridized carbons (Fsp3) is 0.136. The standard InChI is InChI=1S/C22H18N6OS/c1-13-8-4-6-10-17(13)27(22-24-16-9-5-7-11-18(16)30-22)20(29)19-25-21-23-14(2)12-15(3)28(21)26-19/h4-12H,1-3H3. The molecule has 5 rings (SSSR count). The largest absolute Gasteiger partial charge is 0.304 e. The van der Waals surface area contributed by atoms with Crippen molar-refractivity contribution < 1.29 is 4.79 Å². The highest BCUT2D eigenvalue weighted by molar-refractivity contribution is 7.22. The van der Waals surface area contributed by atoms with Gasteiger partial charge >= 0.3 is 5.91 Å². The van der Waals surface area contributed by atoms with E-state index in [9.17, 15) is 4.79 Å². The molecule has 0 saturated heterocycles. The van der Waals surface area contributed by atoms with Gasteiger partial charge in [0.1, 0.15) is 0 Å². The Morgan fingerprint density at radius 3 is 2.53 bits per heavy atom. The van der Waals surface area contributed by atoms with Crippen LogP contribution in [-0.4, -0.2) is 30.5 Å². The fourth-order valence-corrected chi connectivity index (χ4v) is 4.40. The lowest BCUT2D eigenvalue weighted by molar-refractivity contribution is 0.0989. The lowest BCUT2D eigenvalue weighted by Gasteiger charge is -2.20. The van der Waals surface area contributed by atoms with Crippen molar-refractivity contribution in [1.82, 2.24) is 24.6 Å². The van der Waals surface area contributed by atoms with E-state index in [0.717, 1.165) is 32.9 Å². The summed E-state index contributed by atoms with van der Waals surface area (Å²) in [6.07, 6.45) is 0. The Morgan fingerprint density at radius 1 is 0.967 bits per heavy atom. The van der Waals surface area contributed by atoms with Gasteiger partial charge in [-0.3, -0.25) is 4.79 Å². The zero-order chi connectivity index (χ0) is 20.8. The van der Waals surface area contributed by atoms with E-state index in [4.69, 9.17) is 4.98 Å². The van der Waals surface area contributed by atoms with Gasteiger partial charge in [-0.05, 0) is 50.6 Å². The first-order valence-electron chi connectivity index (χ1n) is 9.48. The number of hydrogen-bond acceptors (Lipinski definition) is 6. The molecule has 1 amide bonds. The SMILES string of the molecule is Cc1cc(C)n2nc(C(=O)N(c3nc4ccccc4s3)c3ccccc3C)nc2n1. The van der Waals surface area contributed by atoms with E-state index in [1.165, 1.54) is 11.3 Å². The van der Waals surface area contributed by atoms with E-state index in [2.05, 4.69) is 15.1 Å². The molecule has 0 aliphatic heterocycles. The summed E-state index contributed by atoms with van der Waals surface area (Å²) in [4.78, 5) is 28.8. The van der Waals surface area contributed by atoms with Gasteiger partial charge < -0.3 is 0 Å². The molecule has 5 aromatic rings. The summed E-state index contributed by atoms with van der Waals surface area (Å²) in [7, 11) is 0. The van der Waals surface area contributed by atoms with Gasteiger partial charge in [0.15, 0.2) is 5.13 Å². The predicted molar refractivity (Wildman–Crippen MR) is 118 cm³/mol. The maximum Gasteiger partial charge on any atom is 0.304 e. The molecule has 148 valence electrons. The van der Waals surface area contributed by atoms with Gasteiger partial charge in [0, 0.05) is 11.4 Å². The van der Waals surface area contributed by atoms with Gasteiger partial charge in [-0.25, -0.2) is 19.4 Å². The number of rotatable bonds is 3. The third-order valence-corrected chi connectivity index (χ3v) is 5.86. The number of nitrogens with zero attached hydrogens (tertiary/aromatic N) is 6. The zero-order valence-corrected chi connectivity index (χ0v) is 17.5. The molecule has 0 unspecified atom stereocenters. The number of aryl methyl sites for hydroxylation is 3. The highest BCUT2D eigenvalue weighted by atomic mass is 32.1. The van der Waals surface area contributed by atoms with Gasteiger partial charge in [-0.15, -0.1) is 5.10 Å². The van der Waals surface area contributed by atoms with Crippen LogP contribution >= 0.6 is 11.3 Å². The van der Waals surface area contributed by atoms with E-state index in [-0.39, 0.29) is 11.7 Å². The van der Waals surface area contributed by atoms with E-state index < -0.39 is 0 Å². The number of aromatic nitrogens is 5. The smallest absolute Gasteiger partial charge is 0.264 e. The Kier molecular flexibility index (Phi) is 4.29. The number of amides is 1. The molecule has 30 heavy (non-hydrogen) atoms. The molecule has 0 aliphatic rings. The van der Waals surface area contributed by atoms with Gasteiger partial charge in [0.25, 0.3) is 5.78 Å². The molecule has 0 bridgehead atoms. The van der Waals surface area contributed by atoms with E-state index >= 15 is 0 Å². The predicted octanol–water partition coefficient (Wildman–Crippen LogP) is 4.64. The van der Waals surface area contributed by atoms with Crippen LogP contribution in [0, 0.1) is 20.8 Å². The molecule has 0 spiro atoms. The molecule has 8 heteroatoms. The maximum atomic E-state index is 13.7. The number of thiazole rings is 1. The van der Waals surface area contributed by atoms with Crippen LogP contribution in [0.5, 0.6) is 0 Å². The second kappa shape index (κ2) is 7.00. The van der Waals surface area contributed by atoms with Crippen LogP contribution in [0.2, 0.25) is 0 Å². The van der Waals surface area contributed by atoms with Crippen LogP contribution in [0.15, 0.2) is 54.6 Å². The van der Waals surface area contributed by atoms with Crippen molar-refractivity contribution in [3.8, 4) is 0 Å². The second-order valence-electron chi connectivity index (χ2n) is 7.08. The Morgan fingerprint density at radius 2 is 1.73 bits per heavy atom. The third kappa shape index (κ3) is 3.02. The fourth-order valence-electron chi connectivity index (χ4n) is 3.43. The van der Waals surface area contributed by atoms with E-state index in [1.54, 1.807) is 9.42 Å². The lowest BCUT2D eigenvalue weighted by Crippen LogP contribution is -2.27. The van der Waals surface area contributed by atoms with Crippen LogP contribution in [0.1, 0.15) is 27.6 Å². The highest BCUT2D eigenvalue weighted by Crippen LogP contribution is 2.35. The van der Waals surface area contributed by atoms with Crippen LogP contribution in [0.4, 0.5) is 10.8 Å². The topological polar surface area (TPSA) is 76.3 Å². The van der Waals surface area contributed by atoms with Gasteiger partial charge in [0.05, 0.1) is 15.9 Å². The maximum absolute atomic E-state index is 13.7. The molecule has 0 atom stereocenters. The summed E-state index contributed by atoms with van der Waals surface area (Å²) in [5.74, 6) is 0.148. The average molecular weight is 414 g/mol. The number of hydrogen-bond donors (Lipinski definition) is 0. The summed E-state index contributed by atoms with van der Waals surface area (Å²) in [5, 5.41) is 5.02. The summed E-state index contributed by atoms with van der Waals surface area (Å²) >= 11 is 1.46. The number of carbonyl (C=O) groups is 1. The number of anilines is 2. The van der Waals surface area contributed by atoms with Crippen molar-refractivity contribution in [2.24, 2.45) is 0 Å². The summed E-state index contributed by atoms with van der Waals surface area (Å²) in [6, 6.07) is 17.5. The first kappa shape index (κ1) is 18.4. The van der Waals surface area contributed by atoms with Crippen molar-refractivity contribution in [3.05, 3.63) is 77.4 Å².